The van der Waals surface area contributed by atoms with E-state index in [9.17, 15) is 9.59 Å². The number of carbonyl (C=O) groups is 2. The summed E-state index contributed by atoms with van der Waals surface area (Å²) in [6.45, 7) is 1.92. The van der Waals surface area contributed by atoms with Crippen molar-refractivity contribution in [3.8, 4) is 0 Å². The van der Waals surface area contributed by atoms with Crippen molar-refractivity contribution in [1.29, 1.82) is 0 Å². The van der Waals surface area contributed by atoms with Crippen LogP contribution in [0.5, 0.6) is 0 Å². The van der Waals surface area contributed by atoms with Crippen LogP contribution in [0, 0.1) is 0 Å². The van der Waals surface area contributed by atoms with Gasteiger partial charge in [-0.05, 0) is 59.4 Å². The van der Waals surface area contributed by atoms with Crippen LogP contribution in [0.3, 0.4) is 0 Å². The largest absolute Gasteiger partial charge is 0.497 e. The summed E-state index contributed by atoms with van der Waals surface area (Å²) in [6, 6.07) is 1.98. The monoisotopic (exact) mass is 363 g/mol. The smallest absolute Gasteiger partial charge is 0.246 e. The number of nitrogens with zero attached hydrogens (tertiary/aromatic N) is 2. The topological polar surface area (TPSA) is 71.5 Å². The minimum atomic E-state index is -0.00665. The lowest BCUT2D eigenvalue weighted by atomic mass is 9.98. The molecule has 0 atom stereocenters. The molecule has 2 amide bonds. The molecular formula is C21H21N3O3. The van der Waals surface area contributed by atoms with Gasteiger partial charge in [-0.3, -0.25) is 9.59 Å². The number of anilines is 1. The quantitative estimate of drug-likeness (QED) is 0.838. The van der Waals surface area contributed by atoms with Gasteiger partial charge in [0, 0.05) is 31.8 Å². The Morgan fingerprint density at radius 2 is 2.19 bits per heavy atom. The first kappa shape index (κ1) is 17.3. The summed E-state index contributed by atoms with van der Waals surface area (Å²) in [7, 11) is 0. The van der Waals surface area contributed by atoms with Crippen molar-refractivity contribution in [2.45, 2.75) is 19.3 Å². The number of rotatable bonds is 3. The van der Waals surface area contributed by atoms with Crippen molar-refractivity contribution in [1.82, 2.24) is 9.88 Å². The molecule has 0 bridgehead atoms. The zero-order valence-corrected chi connectivity index (χ0v) is 15.0. The van der Waals surface area contributed by atoms with Gasteiger partial charge in [-0.15, -0.1) is 0 Å². The van der Waals surface area contributed by atoms with E-state index in [2.05, 4.69) is 22.5 Å². The predicted molar refractivity (Wildman–Crippen MR) is 103 cm³/mol. The second-order valence-corrected chi connectivity index (χ2v) is 6.72. The molecule has 1 N–H and O–H groups in total. The third-order valence-electron chi connectivity index (χ3n) is 4.92. The highest BCUT2D eigenvalue weighted by Gasteiger charge is 2.18. The molecule has 0 aliphatic carbocycles. The van der Waals surface area contributed by atoms with Crippen molar-refractivity contribution in [3.63, 3.8) is 0 Å². The Morgan fingerprint density at radius 1 is 1.26 bits per heavy atom. The van der Waals surface area contributed by atoms with Gasteiger partial charge in [0.15, 0.2) is 0 Å². The van der Waals surface area contributed by atoms with E-state index < -0.39 is 0 Å². The summed E-state index contributed by atoms with van der Waals surface area (Å²) in [5.74, 6) is 0.616. The van der Waals surface area contributed by atoms with Gasteiger partial charge >= 0.3 is 0 Å². The molecule has 0 saturated heterocycles. The molecule has 138 valence electrons. The third-order valence-corrected chi connectivity index (χ3v) is 4.92. The first-order valence-corrected chi connectivity index (χ1v) is 9.12. The minimum absolute atomic E-state index is 0.00185. The molecule has 0 radical (unpaired) electrons. The number of aromatic nitrogens is 1. The fraction of sp³-hybridized carbons (Fsp3) is 0.286. The molecule has 4 rings (SSSR count). The van der Waals surface area contributed by atoms with Crippen LogP contribution < -0.4 is 5.32 Å². The van der Waals surface area contributed by atoms with Gasteiger partial charge in [-0.1, -0.05) is 6.08 Å². The highest BCUT2D eigenvalue weighted by molar-refractivity contribution is 5.94. The van der Waals surface area contributed by atoms with E-state index >= 15 is 0 Å². The molecule has 3 aliphatic rings. The van der Waals surface area contributed by atoms with Crippen LogP contribution in [-0.2, 0) is 20.7 Å². The Labute approximate surface area is 157 Å². The van der Waals surface area contributed by atoms with E-state index in [0.29, 0.717) is 38.4 Å². The van der Waals surface area contributed by atoms with E-state index in [1.165, 1.54) is 11.1 Å². The number of carbonyl (C=O) groups excluding carboxylic acids is 2. The van der Waals surface area contributed by atoms with Crippen LogP contribution in [0.2, 0.25) is 0 Å². The van der Waals surface area contributed by atoms with E-state index in [0.717, 1.165) is 17.5 Å². The second kappa shape index (κ2) is 7.61. The van der Waals surface area contributed by atoms with E-state index in [1.54, 1.807) is 24.6 Å². The maximum Gasteiger partial charge on any atom is 0.246 e. The number of hydrogen-bond acceptors (Lipinski definition) is 4. The zero-order chi connectivity index (χ0) is 18.6. The van der Waals surface area contributed by atoms with Crippen LogP contribution in [0.4, 0.5) is 5.82 Å². The molecule has 0 saturated carbocycles. The SMILES string of the molecule is O=C1CCc2cc(/C=C/C(=O)N3CC=C(C4=CCOC=C4)CC3)cnc2N1. The molecule has 0 spiro atoms. The number of pyridine rings is 1. The van der Waals surface area contributed by atoms with Gasteiger partial charge in [0.1, 0.15) is 12.4 Å². The first-order chi connectivity index (χ1) is 13.2. The number of nitrogens with one attached hydrogen (secondary N) is 1. The molecule has 0 fully saturated rings. The number of amides is 2. The number of allylic oxidation sites excluding steroid dienone is 2. The van der Waals surface area contributed by atoms with Crippen LogP contribution in [-0.4, -0.2) is 41.4 Å². The molecule has 4 heterocycles. The van der Waals surface area contributed by atoms with E-state index in [-0.39, 0.29) is 11.8 Å². The summed E-state index contributed by atoms with van der Waals surface area (Å²) in [5, 5.41) is 2.76. The Kier molecular flexibility index (Phi) is 4.87. The number of aryl methyl sites for hydroxylation is 1. The molecule has 1 aromatic heterocycles. The lowest BCUT2D eigenvalue weighted by Gasteiger charge is -2.26. The van der Waals surface area contributed by atoms with Crippen molar-refractivity contribution in [2.75, 3.05) is 25.0 Å². The van der Waals surface area contributed by atoms with Crippen molar-refractivity contribution >= 4 is 23.7 Å². The summed E-state index contributed by atoms with van der Waals surface area (Å²) < 4.78 is 5.18. The predicted octanol–water partition coefficient (Wildman–Crippen LogP) is 2.61. The van der Waals surface area contributed by atoms with E-state index in [4.69, 9.17) is 4.74 Å². The lowest BCUT2D eigenvalue weighted by molar-refractivity contribution is -0.125. The van der Waals surface area contributed by atoms with Crippen molar-refractivity contribution in [2.24, 2.45) is 0 Å². The third kappa shape index (κ3) is 4.00. The second-order valence-electron chi connectivity index (χ2n) is 6.72. The molecular weight excluding hydrogens is 342 g/mol. The fourth-order valence-corrected chi connectivity index (χ4v) is 3.39. The Balaban J connectivity index is 1.38. The normalized spacial score (nSPS) is 19.1. The van der Waals surface area contributed by atoms with Crippen LogP contribution in [0.1, 0.15) is 24.0 Å². The van der Waals surface area contributed by atoms with Gasteiger partial charge in [0.2, 0.25) is 11.8 Å². The van der Waals surface area contributed by atoms with Crippen molar-refractivity contribution < 1.29 is 14.3 Å². The summed E-state index contributed by atoms with van der Waals surface area (Å²) in [4.78, 5) is 30.0. The maximum absolute atomic E-state index is 12.5. The van der Waals surface area contributed by atoms with Crippen molar-refractivity contribution in [3.05, 3.63) is 65.1 Å². The fourth-order valence-electron chi connectivity index (χ4n) is 3.39. The summed E-state index contributed by atoms with van der Waals surface area (Å²) in [5.41, 5.74) is 4.33. The van der Waals surface area contributed by atoms with Gasteiger partial charge < -0.3 is 15.0 Å². The molecule has 0 unspecified atom stereocenters. The molecule has 3 aliphatic heterocycles. The average Bonchev–Trinajstić information content (AvgIpc) is 2.72. The maximum atomic E-state index is 12.5. The molecule has 6 heteroatoms. The minimum Gasteiger partial charge on any atom is -0.497 e. The summed E-state index contributed by atoms with van der Waals surface area (Å²) >= 11 is 0. The van der Waals surface area contributed by atoms with Gasteiger partial charge in [-0.2, -0.15) is 0 Å². The lowest BCUT2D eigenvalue weighted by Crippen LogP contribution is -2.33. The first-order valence-electron chi connectivity index (χ1n) is 9.12. The Morgan fingerprint density at radius 3 is 2.96 bits per heavy atom. The highest BCUT2D eigenvalue weighted by Crippen LogP contribution is 2.23. The van der Waals surface area contributed by atoms with Crippen LogP contribution in [0.25, 0.3) is 6.08 Å². The molecule has 27 heavy (non-hydrogen) atoms. The molecule has 0 aromatic carbocycles. The molecule has 6 nitrogen and oxygen atoms in total. The summed E-state index contributed by atoms with van der Waals surface area (Å²) in [6.07, 6.45) is 14.9. The van der Waals surface area contributed by atoms with E-state index in [1.807, 2.05) is 17.0 Å². The van der Waals surface area contributed by atoms with Crippen LogP contribution in [0.15, 0.2) is 54.0 Å². The zero-order valence-electron chi connectivity index (χ0n) is 15.0. The Hall–Kier alpha value is -3.15. The van der Waals surface area contributed by atoms with Gasteiger partial charge in [-0.25, -0.2) is 4.98 Å². The van der Waals surface area contributed by atoms with Gasteiger partial charge in [0.25, 0.3) is 0 Å². The Bertz CT molecular complexity index is 896. The standard InChI is InChI=1S/C21H21N3O3/c25-19-3-2-18-13-15(14-22-21(18)23-19)1-4-20(26)24-9-5-16(6-10-24)17-7-11-27-12-8-17/h1,4-5,7-8,11,13-14H,2-3,6,9-10,12H2,(H,22,23,25)/b4-1+. The van der Waals surface area contributed by atoms with Crippen LogP contribution >= 0.6 is 0 Å². The van der Waals surface area contributed by atoms with Gasteiger partial charge in [0.05, 0.1) is 6.26 Å². The number of fused-ring (bicyclic) bond motifs is 1. The number of hydrogen-bond donors (Lipinski definition) is 1. The molecule has 1 aromatic rings. The average molecular weight is 363 g/mol. The number of ether oxygens (including phenoxy) is 1. The highest BCUT2D eigenvalue weighted by atomic mass is 16.5.